The Bertz CT molecular complexity index is 853. The quantitative estimate of drug-likeness (QED) is 0.763. The second-order valence-corrected chi connectivity index (χ2v) is 6.65. The molecule has 2 aromatic carbocycles. The Balaban J connectivity index is 1.84. The first-order valence-electron chi connectivity index (χ1n) is 9.07. The minimum absolute atomic E-state index is 0.0961. The van der Waals surface area contributed by atoms with E-state index in [1.54, 1.807) is 14.2 Å². The third kappa shape index (κ3) is 4.43. The van der Waals surface area contributed by atoms with Crippen molar-refractivity contribution in [1.82, 2.24) is 4.90 Å². The minimum Gasteiger partial charge on any atom is -0.493 e. The van der Waals surface area contributed by atoms with Gasteiger partial charge in [-0.15, -0.1) is 0 Å². The minimum atomic E-state index is -0.916. The maximum absolute atomic E-state index is 12.5. The van der Waals surface area contributed by atoms with Crippen molar-refractivity contribution < 1.29 is 24.2 Å². The Hall–Kier alpha value is -3.06. The molecule has 0 radical (unpaired) electrons. The van der Waals surface area contributed by atoms with Crippen LogP contribution in [0.15, 0.2) is 42.5 Å². The Morgan fingerprint density at radius 3 is 2.46 bits per heavy atom. The third-order valence-electron chi connectivity index (χ3n) is 4.89. The lowest BCUT2D eigenvalue weighted by Gasteiger charge is -2.36. The number of benzene rings is 2. The average Bonchev–Trinajstić information content (AvgIpc) is 2.69. The molecule has 28 heavy (non-hydrogen) atoms. The molecule has 2 aromatic rings. The molecule has 1 unspecified atom stereocenters. The molecule has 3 rings (SSSR count). The molecule has 0 aliphatic carbocycles. The molecule has 0 bridgehead atoms. The predicted octanol–water partition coefficient (Wildman–Crippen LogP) is 2.72. The summed E-state index contributed by atoms with van der Waals surface area (Å²) in [6.07, 6.45) is 0.603. The number of fused-ring (bicyclic) bond motifs is 1. The number of hydrogen-bond acceptors (Lipinski definition) is 5. The Morgan fingerprint density at radius 2 is 1.82 bits per heavy atom. The molecule has 7 nitrogen and oxygen atoms in total. The van der Waals surface area contributed by atoms with Gasteiger partial charge < -0.3 is 19.9 Å². The van der Waals surface area contributed by atoms with Gasteiger partial charge in [-0.1, -0.05) is 18.2 Å². The summed E-state index contributed by atoms with van der Waals surface area (Å²) in [5, 5.41) is 12.3. The van der Waals surface area contributed by atoms with Crippen molar-refractivity contribution in [3.63, 3.8) is 0 Å². The Morgan fingerprint density at radius 1 is 1.14 bits per heavy atom. The van der Waals surface area contributed by atoms with Gasteiger partial charge in [-0.25, -0.2) is 0 Å². The largest absolute Gasteiger partial charge is 0.493 e. The van der Waals surface area contributed by atoms with Gasteiger partial charge in [-0.05, 0) is 41.8 Å². The van der Waals surface area contributed by atoms with E-state index in [9.17, 15) is 14.7 Å². The normalized spacial score (nSPS) is 16.1. The summed E-state index contributed by atoms with van der Waals surface area (Å²) >= 11 is 0. The molecule has 7 heteroatoms. The summed E-state index contributed by atoms with van der Waals surface area (Å²) in [5.74, 6) is 0.0736. The zero-order valence-corrected chi connectivity index (χ0v) is 16.0. The lowest BCUT2D eigenvalue weighted by molar-refractivity contribution is -0.139. The van der Waals surface area contributed by atoms with Crippen molar-refractivity contribution in [2.45, 2.75) is 18.9 Å². The van der Waals surface area contributed by atoms with Crippen LogP contribution in [0.25, 0.3) is 0 Å². The number of carboxylic acids is 1. The van der Waals surface area contributed by atoms with Gasteiger partial charge in [0.15, 0.2) is 11.5 Å². The molecule has 2 N–H and O–H groups in total. The van der Waals surface area contributed by atoms with Gasteiger partial charge >= 0.3 is 5.97 Å². The number of carboxylic acid groups (broad SMARTS) is 1. The van der Waals surface area contributed by atoms with Gasteiger partial charge in [-0.2, -0.15) is 0 Å². The van der Waals surface area contributed by atoms with Crippen LogP contribution in [0, 0.1) is 0 Å². The van der Waals surface area contributed by atoms with E-state index in [4.69, 9.17) is 9.47 Å². The summed E-state index contributed by atoms with van der Waals surface area (Å²) in [5.41, 5.74) is 2.59. The highest BCUT2D eigenvalue weighted by Crippen LogP contribution is 2.39. The molecule has 1 aliphatic rings. The van der Waals surface area contributed by atoms with Crippen molar-refractivity contribution in [3.05, 3.63) is 53.6 Å². The van der Waals surface area contributed by atoms with E-state index >= 15 is 0 Å². The van der Waals surface area contributed by atoms with E-state index in [1.165, 1.54) is 0 Å². The fraction of sp³-hybridized carbons (Fsp3) is 0.333. The number of carbonyl (C=O) groups excluding carboxylic acids is 1. The summed E-state index contributed by atoms with van der Waals surface area (Å²) in [4.78, 5) is 25.9. The number of para-hydroxylation sites is 1. The molecule has 0 saturated carbocycles. The van der Waals surface area contributed by atoms with Crippen molar-refractivity contribution >= 4 is 17.6 Å². The van der Waals surface area contributed by atoms with Crippen LogP contribution in [0.3, 0.4) is 0 Å². The highest BCUT2D eigenvalue weighted by atomic mass is 16.5. The first kappa shape index (κ1) is 19.7. The topological polar surface area (TPSA) is 88.1 Å². The molecular weight excluding hydrogens is 360 g/mol. The molecule has 0 fully saturated rings. The number of methoxy groups -OCH3 is 2. The van der Waals surface area contributed by atoms with Gasteiger partial charge in [0, 0.05) is 18.3 Å². The summed E-state index contributed by atoms with van der Waals surface area (Å²) in [7, 11) is 3.12. The number of amides is 1. The molecule has 148 valence electrons. The van der Waals surface area contributed by atoms with Crippen molar-refractivity contribution in [3.8, 4) is 11.5 Å². The fourth-order valence-electron chi connectivity index (χ4n) is 3.58. The molecule has 1 amide bonds. The molecular formula is C21H24N2O5. The zero-order chi connectivity index (χ0) is 20.1. The van der Waals surface area contributed by atoms with Gasteiger partial charge in [0.25, 0.3) is 0 Å². The molecule has 1 aliphatic heterocycles. The van der Waals surface area contributed by atoms with Crippen LogP contribution in [-0.4, -0.2) is 49.2 Å². The lowest BCUT2D eigenvalue weighted by atomic mass is 9.90. The molecule has 0 aromatic heterocycles. The Kier molecular flexibility index (Phi) is 6.16. The number of ether oxygens (including phenoxy) is 2. The van der Waals surface area contributed by atoms with Crippen LogP contribution in [0.2, 0.25) is 0 Å². The standard InChI is InChI=1S/C21H24N2O5/c1-27-18-10-14-8-9-23(13-20(24)22-15-6-4-3-5-7-15)17(12-21(25)26)16(14)11-19(18)28-2/h3-7,10-11,17H,8-9,12-13H2,1-2H3,(H,22,24)(H,25,26). The summed E-state index contributed by atoms with van der Waals surface area (Å²) in [6.45, 7) is 0.698. The molecule has 0 spiro atoms. The van der Waals surface area contributed by atoms with Crippen molar-refractivity contribution in [2.24, 2.45) is 0 Å². The SMILES string of the molecule is COc1cc2c(cc1OC)C(CC(=O)O)N(CC(=O)Nc1ccccc1)CC2. The smallest absolute Gasteiger partial charge is 0.305 e. The van der Waals surface area contributed by atoms with E-state index in [1.807, 2.05) is 47.4 Å². The summed E-state index contributed by atoms with van der Waals surface area (Å²) < 4.78 is 10.7. The molecule has 1 heterocycles. The summed E-state index contributed by atoms with van der Waals surface area (Å²) in [6, 6.07) is 12.5. The second-order valence-electron chi connectivity index (χ2n) is 6.65. The molecule has 1 atom stereocenters. The van der Waals surface area contributed by atoms with Gasteiger partial charge in [-0.3, -0.25) is 14.5 Å². The van der Waals surface area contributed by atoms with Crippen LogP contribution >= 0.6 is 0 Å². The number of anilines is 1. The number of aliphatic carboxylic acids is 1. The molecule has 0 saturated heterocycles. The average molecular weight is 384 g/mol. The number of hydrogen-bond donors (Lipinski definition) is 2. The maximum Gasteiger partial charge on any atom is 0.305 e. The van der Waals surface area contributed by atoms with E-state index in [2.05, 4.69) is 5.32 Å². The number of nitrogens with one attached hydrogen (secondary N) is 1. The van der Waals surface area contributed by atoms with E-state index < -0.39 is 12.0 Å². The number of carbonyl (C=O) groups is 2. The van der Waals surface area contributed by atoms with E-state index in [0.717, 1.165) is 11.1 Å². The first-order valence-corrected chi connectivity index (χ1v) is 9.07. The van der Waals surface area contributed by atoms with Gasteiger partial charge in [0.05, 0.1) is 27.2 Å². The van der Waals surface area contributed by atoms with Crippen LogP contribution in [0.5, 0.6) is 11.5 Å². The zero-order valence-electron chi connectivity index (χ0n) is 16.0. The fourth-order valence-corrected chi connectivity index (χ4v) is 3.58. The van der Waals surface area contributed by atoms with Gasteiger partial charge in [0.2, 0.25) is 5.91 Å². The third-order valence-corrected chi connectivity index (χ3v) is 4.89. The van der Waals surface area contributed by atoms with Gasteiger partial charge in [0.1, 0.15) is 0 Å². The first-order chi connectivity index (χ1) is 13.5. The second kappa shape index (κ2) is 8.75. The van der Waals surface area contributed by atoms with Crippen LogP contribution in [0.1, 0.15) is 23.6 Å². The highest BCUT2D eigenvalue weighted by Gasteiger charge is 2.31. The highest BCUT2D eigenvalue weighted by molar-refractivity contribution is 5.92. The maximum atomic E-state index is 12.5. The number of rotatable bonds is 7. The lowest BCUT2D eigenvalue weighted by Crippen LogP contribution is -2.41. The van der Waals surface area contributed by atoms with Crippen LogP contribution < -0.4 is 14.8 Å². The van der Waals surface area contributed by atoms with E-state index in [0.29, 0.717) is 30.2 Å². The predicted molar refractivity (Wildman–Crippen MR) is 105 cm³/mol. The monoisotopic (exact) mass is 384 g/mol. The van der Waals surface area contributed by atoms with Crippen LogP contribution in [0.4, 0.5) is 5.69 Å². The number of nitrogens with zero attached hydrogens (tertiary/aromatic N) is 1. The van der Waals surface area contributed by atoms with Crippen LogP contribution in [-0.2, 0) is 16.0 Å². The van der Waals surface area contributed by atoms with E-state index in [-0.39, 0.29) is 18.9 Å². The van der Waals surface area contributed by atoms with Crippen molar-refractivity contribution in [2.75, 3.05) is 32.6 Å². The Labute approximate surface area is 163 Å². The van der Waals surface area contributed by atoms with Crippen molar-refractivity contribution in [1.29, 1.82) is 0 Å².